The summed E-state index contributed by atoms with van der Waals surface area (Å²) in [5.41, 5.74) is 0.417. The molecule has 0 rings (SSSR count). The Hall–Kier alpha value is -1.00. The highest BCUT2D eigenvalue weighted by Crippen LogP contribution is 2.23. The van der Waals surface area contributed by atoms with Crippen LogP contribution in [0.3, 0.4) is 0 Å². The molecule has 0 saturated carbocycles. The van der Waals surface area contributed by atoms with Gasteiger partial charge in [-0.3, -0.25) is 0 Å². The molecule has 0 atom stereocenters. The number of carbonyl (C=O) groups is 1. The monoisotopic (exact) mass is 308 g/mol. The minimum Gasteiger partial charge on any atom is -0.462 e. The van der Waals surface area contributed by atoms with Crippen LogP contribution in [0.4, 0.5) is 13.2 Å². The molecule has 0 unspecified atom stereocenters. The third-order valence-corrected chi connectivity index (χ3v) is 3.19. The standard InChI is InChI=1S/C16H27F3O2/c1-14(2)15(20)21-13-11-9-7-5-3-4-6-8-10-12-16(17,18)19/h1,3-13H2,2H3. The Morgan fingerprint density at radius 2 is 1.33 bits per heavy atom. The quantitative estimate of drug-likeness (QED) is 0.268. The maximum atomic E-state index is 11.9. The van der Waals surface area contributed by atoms with Crippen LogP contribution in [0.25, 0.3) is 0 Å². The highest BCUT2D eigenvalue weighted by Gasteiger charge is 2.25. The summed E-state index contributed by atoms with van der Waals surface area (Å²) in [5.74, 6) is -0.339. The summed E-state index contributed by atoms with van der Waals surface area (Å²) < 4.78 is 40.6. The smallest absolute Gasteiger partial charge is 0.389 e. The zero-order valence-corrected chi connectivity index (χ0v) is 12.9. The van der Waals surface area contributed by atoms with Crippen LogP contribution in [0, 0.1) is 0 Å². The van der Waals surface area contributed by atoms with E-state index >= 15 is 0 Å². The lowest BCUT2D eigenvalue weighted by Crippen LogP contribution is -2.06. The van der Waals surface area contributed by atoms with Crippen molar-refractivity contribution in [2.24, 2.45) is 0 Å². The van der Waals surface area contributed by atoms with Crippen LogP contribution in [0.2, 0.25) is 0 Å². The van der Waals surface area contributed by atoms with E-state index in [1.54, 1.807) is 6.92 Å². The molecule has 0 aromatic rings. The Labute approximate surface area is 125 Å². The van der Waals surface area contributed by atoms with Gasteiger partial charge in [0.15, 0.2) is 0 Å². The first kappa shape index (κ1) is 20.0. The van der Waals surface area contributed by atoms with Gasteiger partial charge in [0.2, 0.25) is 0 Å². The van der Waals surface area contributed by atoms with Crippen LogP contribution in [-0.2, 0) is 9.53 Å². The fraction of sp³-hybridized carbons (Fsp3) is 0.812. The molecule has 0 aliphatic rings. The Morgan fingerprint density at radius 3 is 1.76 bits per heavy atom. The average Bonchev–Trinajstić information content (AvgIpc) is 2.38. The van der Waals surface area contributed by atoms with Crippen LogP contribution in [0.5, 0.6) is 0 Å². The molecule has 124 valence electrons. The summed E-state index contributed by atoms with van der Waals surface area (Å²) in [7, 11) is 0. The highest BCUT2D eigenvalue weighted by atomic mass is 19.4. The number of hydrogen-bond acceptors (Lipinski definition) is 2. The fourth-order valence-corrected chi connectivity index (χ4v) is 1.95. The lowest BCUT2D eigenvalue weighted by Gasteiger charge is -2.06. The molecule has 2 nitrogen and oxygen atoms in total. The van der Waals surface area contributed by atoms with E-state index in [2.05, 4.69) is 6.58 Å². The first-order chi connectivity index (χ1) is 9.83. The Kier molecular flexibility index (Phi) is 11.1. The van der Waals surface area contributed by atoms with E-state index < -0.39 is 12.6 Å². The molecule has 0 N–H and O–H groups in total. The van der Waals surface area contributed by atoms with Gasteiger partial charge in [0, 0.05) is 12.0 Å². The molecule has 0 saturated heterocycles. The molecule has 0 aromatic carbocycles. The lowest BCUT2D eigenvalue weighted by atomic mass is 10.1. The highest BCUT2D eigenvalue weighted by molar-refractivity contribution is 5.86. The molecule has 0 amide bonds. The van der Waals surface area contributed by atoms with Crippen molar-refractivity contribution in [2.45, 2.75) is 77.3 Å². The van der Waals surface area contributed by atoms with E-state index in [1.807, 2.05) is 0 Å². The summed E-state index contributed by atoms with van der Waals surface area (Å²) in [6, 6.07) is 0. The molecule has 0 radical (unpaired) electrons. The summed E-state index contributed by atoms with van der Waals surface area (Å²) in [6.45, 7) is 5.56. The third-order valence-electron chi connectivity index (χ3n) is 3.19. The second kappa shape index (κ2) is 11.6. The van der Waals surface area contributed by atoms with Crippen molar-refractivity contribution in [1.82, 2.24) is 0 Å². The van der Waals surface area contributed by atoms with Crippen LogP contribution in [0.15, 0.2) is 12.2 Å². The minimum atomic E-state index is -4.01. The first-order valence-corrected chi connectivity index (χ1v) is 7.72. The predicted molar refractivity (Wildman–Crippen MR) is 78.0 cm³/mol. The van der Waals surface area contributed by atoms with Crippen LogP contribution in [0.1, 0.15) is 71.1 Å². The maximum Gasteiger partial charge on any atom is 0.389 e. The average molecular weight is 308 g/mol. The van der Waals surface area contributed by atoms with Gasteiger partial charge < -0.3 is 4.74 Å². The fourth-order valence-electron chi connectivity index (χ4n) is 1.95. The number of esters is 1. The van der Waals surface area contributed by atoms with Gasteiger partial charge >= 0.3 is 12.1 Å². The molecule has 0 spiro atoms. The van der Waals surface area contributed by atoms with Gasteiger partial charge in [0.05, 0.1) is 6.61 Å². The summed E-state index contributed by atoms with van der Waals surface area (Å²) in [4.78, 5) is 11.1. The van der Waals surface area contributed by atoms with E-state index in [0.29, 0.717) is 18.6 Å². The largest absolute Gasteiger partial charge is 0.462 e. The summed E-state index contributed by atoms with van der Waals surface area (Å²) >= 11 is 0. The van der Waals surface area contributed by atoms with Crippen molar-refractivity contribution >= 4 is 5.97 Å². The number of carbonyl (C=O) groups excluding carboxylic acids is 1. The summed E-state index contributed by atoms with van der Waals surface area (Å²) in [5, 5.41) is 0. The number of unbranched alkanes of at least 4 members (excludes halogenated alkanes) is 8. The number of halogens is 3. The molecule has 0 aliphatic carbocycles. The number of rotatable bonds is 12. The second-order valence-corrected chi connectivity index (χ2v) is 5.46. The number of alkyl halides is 3. The SMILES string of the molecule is C=C(C)C(=O)OCCCCCCCCCCCC(F)(F)F. The van der Waals surface area contributed by atoms with Crippen molar-refractivity contribution in [1.29, 1.82) is 0 Å². The Bertz CT molecular complexity index is 298. The van der Waals surface area contributed by atoms with Crippen LogP contribution in [-0.4, -0.2) is 18.8 Å². The first-order valence-electron chi connectivity index (χ1n) is 7.72. The van der Waals surface area contributed by atoms with Gasteiger partial charge in [-0.25, -0.2) is 4.79 Å². The van der Waals surface area contributed by atoms with Gasteiger partial charge in [-0.2, -0.15) is 13.2 Å². The molecule has 5 heteroatoms. The predicted octanol–water partition coefficient (Wildman–Crippen LogP) is 5.57. The molecule has 0 bridgehead atoms. The van der Waals surface area contributed by atoms with Gasteiger partial charge in [0.25, 0.3) is 0 Å². The van der Waals surface area contributed by atoms with E-state index in [1.165, 1.54) is 0 Å². The van der Waals surface area contributed by atoms with E-state index in [9.17, 15) is 18.0 Å². The second-order valence-electron chi connectivity index (χ2n) is 5.46. The van der Waals surface area contributed by atoms with Gasteiger partial charge in [-0.05, 0) is 19.8 Å². The number of ether oxygens (including phenoxy) is 1. The van der Waals surface area contributed by atoms with Crippen LogP contribution >= 0.6 is 0 Å². The molecule has 0 aromatic heterocycles. The molecule has 0 fully saturated rings. The van der Waals surface area contributed by atoms with Gasteiger partial charge in [-0.15, -0.1) is 0 Å². The third kappa shape index (κ3) is 15.2. The van der Waals surface area contributed by atoms with E-state index in [4.69, 9.17) is 4.74 Å². The Morgan fingerprint density at radius 1 is 0.905 bits per heavy atom. The van der Waals surface area contributed by atoms with Gasteiger partial charge in [-0.1, -0.05) is 51.5 Å². The normalized spacial score (nSPS) is 11.4. The zero-order chi connectivity index (χ0) is 16.1. The maximum absolute atomic E-state index is 11.9. The van der Waals surface area contributed by atoms with Crippen LogP contribution < -0.4 is 0 Å². The van der Waals surface area contributed by atoms with Crippen molar-refractivity contribution in [3.8, 4) is 0 Å². The number of hydrogen-bond donors (Lipinski definition) is 0. The van der Waals surface area contributed by atoms with Gasteiger partial charge in [0.1, 0.15) is 0 Å². The lowest BCUT2D eigenvalue weighted by molar-refractivity contribution is -0.139. The molecule has 21 heavy (non-hydrogen) atoms. The zero-order valence-electron chi connectivity index (χ0n) is 12.9. The summed E-state index contributed by atoms with van der Waals surface area (Å²) in [6.07, 6.45) is 3.23. The molecule has 0 heterocycles. The molecular weight excluding hydrogens is 281 g/mol. The van der Waals surface area contributed by atoms with Crippen molar-refractivity contribution < 1.29 is 22.7 Å². The minimum absolute atomic E-state index is 0.248. The molecular formula is C16H27F3O2. The Balaban J connectivity index is 3.16. The van der Waals surface area contributed by atoms with Crippen molar-refractivity contribution in [3.05, 3.63) is 12.2 Å². The van der Waals surface area contributed by atoms with Crippen molar-refractivity contribution in [2.75, 3.05) is 6.61 Å². The molecule has 0 aliphatic heterocycles. The van der Waals surface area contributed by atoms with E-state index in [-0.39, 0.29) is 12.4 Å². The van der Waals surface area contributed by atoms with E-state index in [0.717, 1.165) is 44.9 Å². The topological polar surface area (TPSA) is 26.3 Å². The van der Waals surface area contributed by atoms with Crippen molar-refractivity contribution in [3.63, 3.8) is 0 Å².